The fraction of sp³-hybridized carbons (Fsp3) is 0.588. The second-order valence-corrected chi connectivity index (χ2v) is 8.46. The van der Waals surface area contributed by atoms with E-state index < -0.39 is 10.0 Å². The van der Waals surface area contributed by atoms with Crippen molar-refractivity contribution in [3.63, 3.8) is 0 Å². The van der Waals surface area contributed by atoms with Crippen LogP contribution in [0.3, 0.4) is 0 Å². The van der Waals surface area contributed by atoms with Crippen molar-refractivity contribution >= 4 is 15.9 Å². The predicted molar refractivity (Wildman–Crippen MR) is 93.9 cm³/mol. The van der Waals surface area contributed by atoms with Crippen LogP contribution in [0.1, 0.15) is 36.0 Å². The lowest BCUT2D eigenvalue weighted by atomic mass is 9.99. The van der Waals surface area contributed by atoms with Crippen molar-refractivity contribution in [1.29, 1.82) is 0 Å². The molecule has 7 nitrogen and oxygen atoms in total. The number of rotatable bonds is 7. The smallest absolute Gasteiger partial charge is 0.251 e. The standard InChI is InChI=1S/C17H25N3O4S/c1-24-9-8-18-25(22,23)16-6-2-12(3-7-16)17(21)20-15-10-13-4-5-14(11-15)19-13/h2-3,6-7,13-15,18-19H,4-5,8-11H2,1H3,(H,20,21). The summed E-state index contributed by atoms with van der Waals surface area (Å²) in [6.07, 6.45) is 4.27. The van der Waals surface area contributed by atoms with E-state index in [0.29, 0.717) is 24.3 Å². The number of methoxy groups -OCH3 is 1. The topological polar surface area (TPSA) is 96.5 Å². The zero-order valence-corrected chi connectivity index (χ0v) is 15.1. The molecule has 2 saturated heterocycles. The maximum absolute atomic E-state index is 12.4. The monoisotopic (exact) mass is 367 g/mol. The molecule has 1 amide bonds. The molecule has 0 spiro atoms. The van der Waals surface area contributed by atoms with Gasteiger partial charge in [0.25, 0.3) is 5.91 Å². The molecule has 2 heterocycles. The lowest BCUT2D eigenvalue weighted by molar-refractivity contribution is 0.0924. The highest BCUT2D eigenvalue weighted by atomic mass is 32.2. The van der Waals surface area contributed by atoms with Gasteiger partial charge in [-0.3, -0.25) is 4.79 Å². The van der Waals surface area contributed by atoms with Gasteiger partial charge in [-0.05, 0) is 49.9 Å². The molecule has 3 N–H and O–H groups in total. The molecule has 0 aromatic heterocycles. The van der Waals surface area contributed by atoms with Crippen molar-refractivity contribution in [2.45, 2.75) is 48.7 Å². The van der Waals surface area contributed by atoms with Crippen LogP contribution in [0, 0.1) is 0 Å². The van der Waals surface area contributed by atoms with Crippen molar-refractivity contribution in [1.82, 2.24) is 15.4 Å². The van der Waals surface area contributed by atoms with E-state index in [1.807, 2.05) is 0 Å². The minimum absolute atomic E-state index is 0.139. The van der Waals surface area contributed by atoms with Crippen molar-refractivity contribution in [2.24, 2.45) is 0 Å². The van der Waals surface area contributed by atoms with Gasteiger partial charge in [0.15, 0.2) is 0 Å². The molecule has 2 bridgehead atoms. The number of amides is 1. The SMILES string of the molecule is COCCNS(=O)(=O)c1ccc(C(=O)NC2CC3CCC(C2)N3)cc1. The number of hydrogen-bond donors (Lipinski definition) is 3. The second kappa shape index (κ2) is 7.82. The summed E-state index contributed by atoms with van der Waals surface area (Å²) < 4.78 is 31.5. The minimum Gasteiger partial charge on any atom is -0.383 e. The van der Waals surface area contributed by atoms with E-state index in [9.17, 15) is 13.2 Å². The van der Waals surface area contributed by atoms with Gasteiger partial charge in [-0.2, -0.15) is 0 Å². The van der Waals surface area contributed by atoms with Crippen LogP contribution in [0.25, 0.3) is 0 Å². The van der Waals surface area contributed by atoms with Crippen LogP contribution < -0.4 is 15.4 Å². The summed E-state index contributed by atoms with van der Waals surface area (Å²) in [6.45, 7) is 0.511. The first kappa shape index (κ1) is 18.3. The van der Waals surface area contributed by atoms with Crippen LogP contribution >= 0.6 is 0 Å². The van der Waals surface area contributed by atoms with E-state index in [1.54, 1.807) is 12.1 Å². The molecular formula is C17H25N3O4S. The lowest BCUT2D eigenvalue weighted by Gasteiger charge is -2.29. The first-order chi connectivity index (χ1) is 12.0. The Morgan fingerprint density at radius 2 is 1.84 bits per heavy atom. The third kappa shape index (κ3) is 4.58. The van der Waals surface area contributed by atoms with Crippen LogP contribution in [0.2, 0.25) is 0 Å². The Hall–Kier alpha value is -1.48. The summed E-state index contributed by atoms with van der Waals surface area (Å²) in [5.74, 6) is -0.150. The quantitative estimate of drug-likeness (QED) is 0.614. The zero-order chi connectivity index (χ0) is 17.9. The van der Waals surface area contributed by atoms with E-state index in [1.165, 1.54) is 32.1 Å². The Labute approximate surface area is 148 Å². The van der Waals surface area contributed by atoms with E-state index in [4.69, 9.17) is 4.74 Å². The summed E-state index contributed by atoms with van der Waals surface area (Å²) in [6, 6.07) is 7.22. The van der Waals surface area contributed by atoms with Crippen molar-refractivity contribution in [2.75, 3.05) is 20.3 Å². The average Bonchev–Trinajstić information content (AvgIpc) is 2.93. The fourth-order valence-corrected chi connectivity index (χ4v) is 4.60. The molecule has 0 radical (unpaired) electrons. The van der Waals surface area contributed by atoms with Gasteiger partial charge in [0.2, 0.25) is 10.0 Å². The molecule has 2 atom stereocenters. The van der Waals surface area contributed by atoms with Gasteiger partial charge in [0, 0.05) is 37.3 Å². The lowest BCUT2D eigenvalue weighted by Crippen LogP contribution is -2.48. The van der Waals surface area contributed by atoms with E-state index >= 15 is 0 Å². The molecule has 0 saturated carbocycles. The third-order valence-electron chi connectivity index (χ3n) is 4.83. The maximum Gasteiger partial charge on any atom is 0.251 e. The van der Waals surface area contributed by atoms with Crippen molar-refractivity contribution in [3.8, 4) is 0 Å². The Morgan fingerprint density at radius 3 is 2.44 bits per heavy atom. The third-order valence-corrected chi connectivity index (χ3v) is 6.31. The molecular weight excluding hydrogens is 342 g/mol. The Balaban J connectivity index is 1.59. The Kier molecular flexibility index (Phi) is 5.73. The largest absolute Gasteiger partial charge is 0.383 e. The van der Waals surface area contributed by atoms with Gasteiger partial charge in [-0.25, -0.2) is 13.1 Å². The van der Waals surface area contributed by atoms with Crippen LogP contribution in [0.4, 0.5) is 0 Å². The molecule has 138 valence electrons. The van der Waals surface area contributed by atoms with Gasteiger partial charge in [-0.1, -0.05) is 0 Å². The first-order valence-corrected chi connectivity index (χ1v) is 10.1. The highest BCUT2D eigenvalue weighted by molar-refractivity contribution is 7.89. The number of carbonyl (C=O) groups excluding carboxylic acids is 1. The first-order valence-electron chi connectivity index (χ1n) is 8.63. The normalized spacial score (nSPS) is 25.7. The van der Waals surface area contributed by atoms with Gasteiger partial charge in [-0.15, -0.1) is 0 Å². The van der Waals surface area contributed by atoms with Gasteiger partial charge in [0.05, 0.1) is 11.5 Å². The van der Waals surface area contributed by atoms with E-state index in [2.05, 4.69) is 15.4 Å². The van der Waals surface area contributed by atoms with Gasteiger partial charge in [0.1, 0.15) is 0 Å². The number of carbonyl (C=O) groups is 1. The number of benzene rings is 1. The van der Waals surface area contributed by atoms with Crippen LogP contribution in [0.15, 0.2) is 29.2 Å². The number of piperidine rings is 1. The Morgan fingerprint density at radius 1 is 1.20 bits per heavy atom. The number of fused-ring (bicyclic) bond motifs is 2. The molecule has 25 heavy (non-hydrogen) atoms. The summed E-state index contributed by atoms with van der Waals surface area (Å²) in [4.78, 5) is 12.5. The summed E-state index contributed by atoms with van der Waals surface area (Å²) in [7, 11) is -2.07. The predicted octanol–water partition coefficient (Wildman–Crippen LogP) is 0.624. The number of hydrogen-bond acceptors (Lipinski definition) is 5. The highest BCUT2D eigenvalue weighted by Gasteiger charge is 2.34. The second-order valence-electron chi connectivity index (χ2n) is 6.69. The number of nitrogens with one attached hydrogen (secondary N) is 3. The van der Waals surface area contributed by atoms with Crippen LogP contribution in [-0.4, -0.2) is 52.7 Å². The van der Waals surface area contributed by atoms with E-state index in [0.717, 1.165) is 12.8 Å². The molecule has 1 aromatic rings. The maximum atomic E-state index is 12.4. The summed E-state index contributed by atoms with van der Waals surface area (Å²) in [5.41, 5.74) is 0.474. The molecule has 1 aromatic carbocycles. The van der Waals surface area contributed by atoms with Crippen molar-refractivity contribution in [3.05, 3.63) is 29.8 Å². The molecule has 0 aliphatic carbocycles. The molecule has 8 heteroatoms. The molecule has 3 rings (SSSR count). The van der Waals surface area contributed by atoms with Gasteiger partial charge < -0.3 is 15.4 Å². The summed E-state index contributed by atoms with van der Waals surface area (Å²) in [5, 5.41) is 6.62. The van der Waals surface area contributed by atoms with Gasteiger partial charge >= 0.3 is 0 Å². The van der Waals surface area contributed by atoms with Crippen molar-refractivity contribution < 1.29 is 17.9 Å². The fourth-order valence-electron chi connectivity index (χ4n) is 3.59. The highest BCUT2D eigenvalue weighted by Crippen LogP contribution is 2.27. The number of ether oxygens (including phenoxy) is 1. The Bertz CT molecular complexity index is 693. The summed E-state index contributed by atoms with van der Waals surface area (Å²) >= 11 is 0. The molecule has 2 unspecified atom stereocenters. The number of sulfonamides is 1. The molecule has 2 fully saturated rings. The molecule has 2 aliphatic rings. The zero-order valence-electron chi connectivity index (χ0n) is 14.3. The molecule has 2 aliphatic heterocycles. The van der Waals surface area contributed by atoms with Crippen LogP contribution in [0.5, 0.6) is 0 Å². The minimum atomic E-state index is -3.58. The van der Waals surface area contributed by atoms with E-state index in [-0.39, 0.29) is 23.4 Å². The average molecular weight is 367 g/mol. The van der Waals surface area contributed by atoms with Crippen LogP contribution in [-0.2, 0) is 14.8 Å².